The third-order valence-corrected chi connectivity index (χ3v) is 4.35. The van der Waals surface area contributed by atoms with E-state index in [1.54, 1.807) is 28.9 Å². The van der Waals surface area contributed by atoms with E-state index >= 15 is 0 Å². The number of rotatable bonds is 3. The van der Waals surface area contributed by atoms with Crippen molar-refractivity contribution in [1.29, 1.82) is 0 Å². The van der Waals surface area contributed by atoms with Crippen molar-refractivity contribution < 1.29 is 9.13 Å². The number of hydrogen-bond acceptors (Lipinski definition) is 4. The molecule has 24 heavy (non-hydrogen) atoms. The number of halogens is 1. The Morgan fingerprint density at radius 1 is 1.25 bits per heavy atom. The second-order valence-corrected chi connectivity index (χ2v) is 5.89. The lowest BCUT2D eigenvalue weighted by atomic mass is 10.1. The van der Waals surface area contributed by atoms with Crippen LogP contribution in [0.5, 0.6) is 0 Å². The topological polar surface area (TPSA) is 72.8 Å². The summed E-state index contributed by atoms with van der Waals surface area (Å²) in [7, 11) is 0. The summed E-state index contributed by atoms with van der Waals surface area (Å²) in [5.74, 6) is 0.00695. The molecule has 1 aliphatic rings. The molecule has 1 aliphatic heterocycles. The van der Waals surface area contributed by atoms with Gasteiger partial charge in [-0.15, -0.1) is 0 Å². The molecule has 1 N–H and O–H groups in total. The van der Waals surface area contributed by atoms with Gasteiger partial charge in [0, 0.05) is 13.2 Å². The zero-order chi connectivity index (χ0) is 16.5. The minimum atomic E-state index is -1.48. The van der Waals surface area contributed by atoms with Crippen molar-refractivity contribution >= 4 is 11.0 Å². The third kappa shape index (κ3) is 2.60. The van der Waals surface area contributed by atoms with Crippen LogP contribution in [0.15, 0.2) is 41.3 Å². The first-order valence-corrected chi connectivity index (χ1v) is 7.98. The van der Waals surface area contributed by atoms with Crippen molar-refractivity contribution in [1.82, 2.24) is 19.7 Å². The van der Waals surface area contributed by atoms with E-state index in [2.05, 4.69) is 15.1 Å². The number of alkyl halides is 1. The smallest absolute Gasteiger partial charge is 0.262 e. The minimum Gasteiger partial charge on any atom is -0.381 e. The molecule has 1 aromatic carbocycles. The van der Waals surface area contributed by atoms with Gasteiger partial charge in [0.2, 0.25) is 0 Å². The van der Waals surface area contributed by atoms with Gasteiger partial charge in [0.25, 0.3) is 5.56 Å². The molecule has 6 nitrogen and oxygen atoms in total. The van der Waals surface area contributed by atoms with Crippen molar-refractivity contribution in [2.75, 3.05) is 13.2 Å². The molecule has 124 valence electrons. The summed E-state index contributed by atoms with van der Waals surface area (Å²) in [4.78, 5) is 19.2. The Balaban J connectivity index is 1.79. The highest BCUT2D eigenvalue weighted by molar-refractivity contribution is 5.73. The lowest BCUT2D eigenvalue weighted by Crippen LogP contribution is -2.22. The van der Waals surface area contributed by atoms with Crippen LogP contribution >= 0.6 is 0 Å². The predicted octanol–water partition coefficient (Wildman–Crippen LogP) is 2.53. The summed E-state index contributed by atoms with van der Waals surface area (Å²) in [6.07, 6.45) is 1.62. The summed E-state index contributed by atoms with van der Waals surface area (Å²) in [6.45, 7) is 1.30. The van der Waals surface area contributed by atoms with Gasteiger partial charge in [-0.3, -0.25) is 4.79 Å². The van der Waals surface area contributed by atoms with E-state index in [9.17, 15) is 9.18 Å². The number of hydrogen-bond donors (Lipinski definition) is 1. The van der Waals surface area contributed by atoms with Crippen LogP contribution in [-0.2, 0) is 4.74 Å². The summed E-state index contributed by atoms with van der Waals surface area (Å²) in [5, 5.41) is 4.69. The molecular formula is C17H17FN4O2. The van der Waals surface area contributed by atoms with Gasteiger partial charge in [-0.2, -0.15) is 5.10 Å². The average Bonchev–Trinajstić information content (AvgIpc) is 3.07. The Hall–Kier alpha value is -2.54. The van der Waals surface area contributed by atoms with Gasteiger partial charge >= 0.3 is 0 Å². The highest BCUT2D eigenvalue weighted by atomic mass is 19.1. The van der Waals surface area contributed by atoms with Crippen LogP contribution in [0.4, 0.5) is 4.39 Å². The van der Waals surface area contributed by atoms with E-state index < -0.39 is 6.17 Å². The van der Waals surface area contributed by atoms with Gasteiger partial charge in [-0.25, -0.2) is 14.1 Å². The van der Waals surface area contributed by atoms with E-state index in [4.69, 9.17) is 4.74 Å². The fourth-order valence-electron chi connectivity index (χ4n) is 3.05. The number of aromatic amines is 1. The number of benzene rings is 1. The highest BCUT2D eigenvalue weighted by Crippen LogP contribution is 2.26. The second-order valence-electron chi connectivity index (χ2n) is 5.89. The molecule has 7 heteroatoms. The number of nitrogens with one attached hydrogen (secondary N) is 1. The minimum absolute atomic E-state index is 0.00695. The van der Waals surface area contributed by atoms with Crippen LogP contribution in [0.2, 0.25) is 0 Å². The quantitative estimate of drug-likeness (QED) is 0.802. The molecule has 0 bridgehead atoms. The average molecular weight is 328 g/mol. The number of fused-ring (bicyclic) bond motifs is 1. The number of nitrogens with zero attached hydrogens (tertiary/aromatic N) is 3. The molecule has 3 heterocycles. The van der Waals surface area contributed by atoms with E-state index in [1.807, 2.05) is 6.07 Å². The monoisotopic (exact) mass is 328 g/mol. The van der Waals surface area contributed by atoms with Crippen LogP contribution in [0, 0.1) is 0 Å². The third-order valence-electron chi connectivity index (χ3n) is 4.35. The molecule has 3 aromatic rings. The first kappa shape index (κ1) is 15.0. The molecule has 2 aromatic heterocycles. The molecular weight excluding hydrogens is 311 g/mol. The summed E-state index contributed by atoms with van der Waals surface area (Å²) < 4.78 is 21.9. The Morgan fingerprint density at radius 2 is 2.00 bits per heavy atom. The molecule has 0 aliphatic carbocycles. The van der Waals surface area contributed by atoms with Crippen molar-refractivity contribution in [3.05, 3.63) is 58.3 Å². The lowest BCUT2D eigenvalue weighted by Gasteiger charge is -2.22. The largest absolute Gasteiger partial charge is 0.381 e. The molecule has 0 saturated carbocycles. The molecule has 1 fully saturated rings. The van der Waals surface area contributed by atoms with Crippen molar-refractivity contribution in [2.24, 2.45) is 0 Å². The maximum atomic E-state index is 14.8. The lowest BCUT2D eigenvalue weighted by molar-refractivity contribution is 0.0673. The van der Waals surface area contributed by atoms with Crippen molar-refractivity contribution in [3.63, 3.8) is 0 Å². The summed E-state index contributed by atoms with van der Waals surface area (Å²) in [6, 6.07) is 8.79. The van der Waals surface area contributed by atoms with Crippen LogP contribution in [0.1, 0.15) is 36.4 Å². The Labute approximate surface area is 137 Å². The van der Waals surface area contributed by atoms with E-state index in [0.717, 1.165) is 12.8 Å². The van der Waals surface area contributed by atoms with E-state index in [1.165, 1.54) is 6.20 Å². The first-order chi connectivity index (χ1) is 11.7. The molecule has 1 atom stereocenters. The van der Waals surface area contributed by atoms with Gasteiger partial charge < -0.3 is 9.72 Å². The Morgan fingerprint density at radius 3 is 2.75 bits per heavy atom. The van der Waals surface area contributed by atoms with Gasteiger partial charge in [0.1, 0.15) is 5.39 Å². The SMILES string of the molecule is O=c1[nH]c(C(F)c2ccccc2)nc2c1cnn2C1CCOCC1. The predicted molar refractivity (Wildman–Crippen MR) is 86.6 cm³/mol. The fraction of sp³-hybridized carbons (Fsp3) is 0.353. The summed E-state index contributed by atoms with van der Waals surface area (Å²) in [5.41, 5.74) is 0.517. The zero-order valence-corrected chi connectivity index (χ0v) is 13.0. The van der Waals surface area contributed by atoms with Crippen LogP contribution in [-0.4, -0.2) is 33.0 Å². The number of H-pyrrole nitrogens is 1. The van der Waals surface area contributed by atoms with Crippen LogP contribution in [0.3, 0.4) is 0 Å². The van der Waals surface area contributed by atoms with Crippen LogP contribution in [0.25, 0.3) is 11.0 Å². The van der Waals surface area contributed by atoms with Crippen molar-refractivity contribution in [3.8, 4) is 0 Å². The Kier molecular flexibility index (Phi) is 3.86. The fourth-order valence-corrected chi connectivity index (χ4v) is 3.05. The zero-order valence-electron chi connectivity index (χ0n) is 13.0. The van der Waals surface area contributed by atoms with Gasteiger partial charge in [0.15, 0.2) is 17.6 Å². The normalized spacial score (nSPS) is 17.2. The maximum absolute atomic E-state index is 14.8. The first-order valence-electron chi connectivity index (χ1n) is 7.98. The Bertz CT molecular complexity index is 900. The highest BCUT2D eigenvalue weighted by Gasteiger charge is 2.22. The molecule has 1 unspecified atom stereocenters. The van der Waals surface area contributed by atoms with Crippen LogP contribution < -0.4 is 5.56 Å². The molecule has 4 rings (SSSR count). The van der Waals surface area contributed by atoms with E-state index in [0.29, 0.717) is 29.8 Å². The van der Waals surface area contributed by atoms with Crippen molar-refractivity contribution in [2.45, 2.75) is 25.1 Å². The molecule has 1 saturated heterocycles. The molecule has 0 amide bonds. The number of aromatic nitrogens is 4. The number of ether oxygens (including phenoxy) is 1. The second kappa shape index (κ2) is 6.16. The van der Waals surface area contributed by atoms with E-state index in [-0.39, 0.29) is 17.4 Å². The maximum Gasteiger partial charge on any atom is 0.262 e. The molecule has 0 spiro atoms. The molecule has 0 radical (unpaired) electrons. The van der Waals surface area contributed by atoms with Gasteiger partial charge in [-0.1, -0.05) is 30.3 Å². The van der Waals surface area contributed by atoms with Gasteiger partial charge in [-0.05, 0) is 18.4 Å². The summed E-state index contributed by atoms with van der Waals surface area (Å²) >= 11 is 0. The van der Waals surface area contributed by atoms with Gasteiger partial charge in [0.05, 0.1) is 12.2 Å². The standard InChI is InChI=1S/C17H17FN4O2/c18-14(11-4-2-1-3-5-11)15-20-16-13(17(23)21-15)10-19-22(16)12-6-8-24-9-7-12/h1-5,10,12,14H,6-9H2,(H,20,21,23).